The molecule has 0 aliphatic carbocycles. The highest BCUT2D eigenvalue weighted by Gasteiger charge is 2.36. The molecule has 2 aromatic carbocycles. The lowest BCUT2D eigenvalue weighted by Crippen LogP contribution is -2.41. The first kappa shape index (κ1) is 22.2. The number of aliphatic imine (C=N–C) groups is 1. The van der Waals surface area contributed by atoms with E-state index < -0.39 is 0 Å². The Bertz CT molecular complexity index is 855. The molecule has 0 bridgehead atoms. The van der Waals surface area contributed by atoms with Gasteiger partial charge in [0.15, 0.2) is 5.96 Å². The fourth-order valence-electron chi connectivity index (χ4n) is 4.12. The van der Waals surface area contributed by atoms with E-state index in [1.54, 1.807) is 0 Å². The standard InChI is InChI=1S/C22H26ClN3O2.HI/c23-18-7-3-2-6-17(18)22(10-13-27-14-11-22)15-25-21(24)26-19-9-12-28-20-8-4-1-5-16(19)20;/h1-8,19H,9-15H2,(H3,24,25,26);1H. The maximum atomic E-state index is 6.52. The van der Waals surface area contributed by atoms with Crippen LogP contribution in [0.15, 0.2) is 53.5 Å². The maximum absolute atomic E-state index is 6.52. The molecule has 4 rings (SSSR count). The van der Waals surface area contributed by atoms with Crippen LogP contribution >= 0.6 is 35.6 Å². The van der Waals surface area contributed by atoms with E-state index in [-0.39, 0.29) is 35.4 Å². The monoisotopic (exact) mass is 527 g/mol. The first-order valence-corrected chi connectivity index (χ1v) is 10.2. The van der Waals surface area contributed by atoms with E-state index in [1.165, 1.54) is 0 Å². The van der Waals surface area contributed by atoms with Gasteiger partial charge in [0, 0.05) is 35.6 Å². The van der Waals surface area contributed by atoms with E-state index in [9.17, 15) is 0 Å². The van der Waals surface area contributed by atoms with Crippen LogP contribution < -0.4 is 15.8 Å². The molecular weight excluding hydrogens is 501 g/mol. The van der Waals surface area contributed by atoms with Crippen molar-refractivity contribution in [2.24, 2.45) is 10.7 Å². The third-order valence-corrected chi connectivity index (χ3v) is 6.06. The Morgan fingerprint density at radius 3 is 2.62 bits per heavy atom. The zero-order valence-electron chi connectivity index (χ0n) is 16.3. The molecule has 2 aliphatic rings. The summed E-state index contributed by atoms with van der Waals surface area (Å²) in [6, 6.07) is 16.2. The smallest absolute Gasteiger partial charge is 0.189 e. The van der Waals surface area contributed by atoms with Crippen molar-refractivity contribution in [1.29, 1.82) is 0 Å². The number of para-hydroxylation sites is 1. The highest BCUT2D eigenvalue weighted by Crippen LogP contribution is 2.39. The Kier molecular flexibility index (Phi) is 7.65. The summed E-state index contributed by atoms with van der Waals surface area (Å²) in [5, 5.41) is 4.16. The third-order valence-electron chi connectivity index (χ3n) is 5.73. The van der Waals surface area contributed by atoms with Gasteiger partial charge in [-0.1, -0.05) is 48.0 Å². The number of hydrogen-bond acceptors (Lipinski definition) is 3. The van der Waals surface area contributed by atoms with Crippen LogP contribution in [-0.4, -0.2) is 32.3 Å². The van der Waals surface area contributed by atoms with Gasteiger partial charge in [-0.25, -0.2) is 0 Å². The van der Waals surface area contributed by atoms with Crippen LogP contribution in [0.2, 0.25) is 5.02 Å². The molecule has 0 aromatic heterocycles. The molecule has 0 saturated carbocycles. The lowest BCUT2D eigenvalue weighted by Gasteiger charge is -2.37. The zero-order valence-corrected chi connectivity index (χ0v) is 19.4. The molecule has 1 unspecified atom stereocenters. The van der Waals surface area contributed by atoms with Gasteiger partial charge in [-0.15, -0.1) is 24.0 Å². The number of nitrogens with one attached hydrogen (secondary N) is 1. The molecule has 5 nitrogen and oxygen atoms in total. The van der Waals surface area contributed by atoms with Crippen LogP contribution in [-0.2, 0) is 10.2 Å². The number of nitrogens with two attached hydrogens (primary N) is 1. The van der Waals surface area contributed by atoms with Crippen LogP contribution in [0.25, 0.3) is 0 Å². The Balaban J connectivity index is 0.00000240. The van der Waals surface area contributed by atoms with Crippen molar-refractivity contribution in [3.05, 3.63) is 64.7 Å². The quantitative estimate of drug-likeness (QED) is 0.351. The average Bonchev–Trinajstić information content (AvgIpc) is 2.74. The number of halogens is 2. The number of fused-ring (bicyclic) bond motifs is 1. The summed E-state index contributed by atoms with van der Waals surface area (Å²) >= 11 is 6.52. The number of nitrogens with zero attached hydrogens (tertiary/aromatic N) is 1. The SMILES string of the molecule is I.NC(=NCC1(c2ccccc2Cl)CCOCC1)NC1CCOc2ccccc21. The van der Waals surface area contributed by atoms with Crippen molar-refractivity contribution in [3.8, 4) is 5.75 Å². The Morgan fingerprint density at radius 1 is 1.10 bits per heavy atom. The lowest BCUT2D eigenvalue weighted by atomic mass is 9.74. The van der Waals surface area contributed by atoms with Gasteiger partial charge in [-0.3, -0.25) is 4.99 Å². The van der Waals surface area contributed by atoms with E-state index in [4.69, 9.17) is 31.8 Å². The van der Waals surface area contributed by atoms with E-state index in [2.05, 4.69) is 17.4 Å². The van der Waals surface area contributed by atoms with E-state index in [0.29, 0.717) is 32.3 Å². The normalized spacial score (nSPS) is 20.7. The zero-order chi connectivity index (χ0) is 19.4. The number of benzene rings is 2. The molecule has 2 aromatic rings. The molecule has 3 N–H and O–H groups in total. The van der Waals surface area contributed by atoms with Gasteiger partial charge in [-0.05, 0) is 30.5 Å². The fraction of sp³-hybridized carbons (Fsp3) is 0.409. The third kappa shape index (κ3) is 4.98. The summed E-state index contributed by atoms with van der Waals surface area (Å²) in [4.78, 5) is 4.73. The van der Waals surface area contributed by atoms with Crippen molar-refractivity contribution in [1.82, 2.24) is 5.32 Å². The van der Waals surface area contributed by atoms with Crippen molar-refractivity contribution in [3.63, 3.8) is 0 Å². The van der Waals surface area contributed by atoms with E-state index in [0.717, 1.165) is 41.2 Å². The molecule has 2 aliphatic heterocycles. The topological polar surface area (TPSA) is 68.9 Å². The molecule has 1 atom stereocenters. The number of rotatable bonds is 4. The molecule has 1 fully saturated rings. The van der Waals surface area contributed by atoms with Crippen molar-refractivity contribution >= 4 is 41.5 Å². The molecule has 156 valence electrons. The van der Waals surface area contributed by atoms with Crippen LogP contribution in [0, 0.1) is 0 Å². The molecule has 2 heterocycles. The van der Waals surface area contributed by atoms with Crippen molar-refractivity contribution in [2.45, 2.75) is 30.7 Å². The summed E-state index contributed by atoms with van der Waals surface area (Å²) in [6.07, 6.45) is 2.62. The van der Waals surface area contributed by atoms with Crippen molar-refractivity contribution in [2.75, 3.05) is 26.4 Å². The van der Waals surface area contributed by atoms with E-state index in [1.807, 2.05) is 36.4 Å². The number of guanidine groups is 1. The van der Waals surface area contributed by atoms with Gasteiger partial charge >= 0.3 is 0 Å². The van der Waals surface area contributed by atoms with Crippen LogP contribution in [0.3, 0.4) is 0 Å². The lowest BCUT2D eigenvalue weighted by molar-refractivity contribution is 0.0531. The van der Waals surface area contributed by atoms with Gasteiger partial charge in [0.05, 0.1) is 19.2 Å². The van der Waals surface area contributed by atoms with Gasteiger partial charge < -0.3 is 20.5 Å². The predicted octanol–water partition coefficient (Wildman–Crippen LogP) is 4.43. The largest absolute Gasteiger partial charge is 0.493 e. The second-order valence-corrected chi connectivity index (χ2v) is 7.85. The van der Waals surface area contributed by atoms with Crippen LogP contribution in [0.4, 0.5) is 0 Å². The van der Waals surface area contributed by atoms with Gasteiger partial charge in [0.1, 0.15) is 5.75 Å². The Hall–Kier alpha value is -1.51. The fourth-order valence-corrected chi connectivity index (χ4v) is 4.45. The predicted molar refractivity (Wildman–Crippen MR) is 128 cm³/mol. The summed E-state index contributed by atoms with van der Waals surface area (Å²) < 4.78 is 11.3. The minimum absolute atomic E-state index is 0. The first-order chi connectivity index (χ1) is 13.7. The van der Waals surface area contributed by atoms with Gasteiger partial charge in [0.25, 0.3) is 0 Å². The highest BCUT2D eigenvalue weighted by molar-refractivity contribution is 14.0. The molecule has 1 saturated heterocycles. The summed E-state index contributed by atoms with van der Waals surface area (Å²) in [5.41, 5.74) is 8.40. The van der Waals surface area contributed by atoms with Crippen LogP contribution in [0.1, 0.15) is 36.4 Å². The minimum atomic E-state index is -0.142. The van der Waals surface area contributed by atoms with Crippen molar-refractivity contribution < 1.29 is 9.47 Å². The van der Waals surface area contributed by atoms with Crippen LogP contribution in [0.5, 0.6) is 5.75 Å². The maximum Gasteiger partial charge on any atom is 0.189 e. The molecule has 0 spiro atoms. The molecule has 29 heavy (non-hydrogen) atoms. The minimum Gasteiger partial charge on any atom is -0.493 e. The molecule has 0 radical (unpaired) electrons. The Labute approximate surface area is 194 Å². The highest BCUT2D eigenvalue weighted by atomic mass is 127. The second-order valence-electron chi connectivity index (χ2n) is 7.45. The number of ether oxygens (including phenoxy) is 2. The number of hydrogen-bond donors (Lipinski definition) is 2. The molecule has 7 heteroatoms. The van der Waals surface area contributed by atoms with Gasteiger partial charge in [-0.2, -0.15) is 0 Å². The molecular formula is C22H27ClIN3O2. The average molecular weight is 528 g/mol. The summed E-state index contributed by atoms with van der Waals surface area (Å²) in [7, 11) is 0. The summed E-state index contributed by atoms with van der Waals surface area (Å²) in [6.45, 7) is 2.68. The van der Waals surface area contributed by atoms with Gasteiger partial charge in [0.2, 0.25) is 0 Å². The Morgan fingerprint density at radius 2 is 1.83 bits per heavy atom. The molecule has 0 amide bonds. The first-order valence-electron chi connectivity index (χ1n) is 9.79. The second kappa shape index (κ2) is 10.00. The summed E-state index contributed by atoms with van der Waals surface area (Å²) in [5.74, 6) is 1.37. The van der Waals surface area contributed by atoms with E-state index >= 15 is 0 Å².